The summed E-state index contributed by atoms with van der Waals surface area (Å²) in [5, 5.41) is 0.754. The number of nitrogens with one attached hydrogen (secondary N) is 1. The van der Waals surface area contributed by atoms with Crippen LogP contribution in [0, 0.1) is 20.8 Å². The van der Waals surface area contributed by atoms with E-state index < -0.39 is 0 Å². The molecule has 6 heteroatoms. The Morgan fingerprint density at radius 3 is 2.30 bits per heavy atom. The minimum Gasteiger partial charge on any atom is -0.309 e. The van der Waals surface area contributed by atoms with Crippen LogP contribution in [0.3, 0.4) is 0 Å². The van der Waals surface area contributed by atoms with Crippen LogP contribution in [-0.4, -0.2) is 45.9 Å². The number of thiophene rings is 1. The van der Waals surface area contributed by atoms with Crippen molar-refractivity contribution in [3.05, 3.63) is 62.0 Å². The van der Waals surface area contributed by atoms with Gasteiger partial charge in [-0.05, 0) is 31.9 Å². The van der Waals surface area contributed by atoms with Crippen molar-refractivity contribution in [2.24, 2.45) is 0 Å². The SMILES string of the molecule is Cc1ccc(CN2CCN(Cc3nc4sc(C)c(C)c4c(=O)[nH]3)CC2)cc1. The molecule has 5 nitrogen and oxygen atoms in total. The molecular formula is C21H26N4OS. The first-order chi connectivity index (χ1) is 13.0. The molecule has 27 heavy (non-hydrogen) atoms. The second kappa shape index (κ2) is 7.54. The number of piperazine rings is 1. The number of aromatic amines is 1. The largest absolute Gasteiger partial charge is 0.309 e. The van der Waals surface area contributed by atoms with E-state index in [1.165, 1.54) is 16.0 Å². The van der Waals surface area contributed by atoms with Crippen molar-refractivity contribution in [1.29, 1.82) is 0 Å². The molecule has 3 aromatic rings. The van der Waals surface area contributed by atoms with Crippen LogP contribution in [0.25, 0.3) is 10.2 Å². The molecule has 0 aliphatic carbocycles. The Balaban J connectivity index is 1.38. The van der Waals surface area contributed by atoms with Crippen molar-refractivity contribution in [3.63, 3.8) is 0 Å². The molecule has 1 aliphatic rings. The summed E-state index contributed by atoms with van der Waals surface area (Å²) in [7, 11) is 0. The Hall–Kier alpha value is -2.02. The van der Waals surface area contributed by atoms with E-state index in [0.717, 1.165) is 54.3 Å². The minimum atomic E-state index is -0.00476. The van der Waals surface area contributed by atoms with Crippen molar-refractivity contribution in [1.82, 2.24) is 19.8 Å². The topological polar surface area (TPSA) is 52.2 Å². The Kier molecular flexibility index (Phi) is 5.12. The molecule has 4 rings (SSSR count). The van der Waals surface area contributed by atoms with Gasteiger partial charge in [-0.3, -0.25) is 14.6 Å². The van der Waals surface area contributed by atoms with Gasteiger partial charge in [-0.25, -0.2) is 4.98 Å². The third-order valence-electron chi connectivity index (χ3n) is 5.45. The fraction of sp³-hybridized carbons (Fsp3) is 0.429. The minimum absolute atomic E-state index is 0.00476. The van der Waals surface area contributed by atoms with Gasteiger partial charge in [-0.2, -0.15) is 0 Å². The van der Waals surface area contributed by atoms with Gasteiger partial charge in [0.2, 0.25) is 0 Å². The maximum atomic E-state index is 12.4. The van der Waals surface area contributed by atoms with E-state index >= 15 is 0 Å². The molecular weight excluding hydrogens is 356 g/mol. The van der Waals surface area contributed by atoms with E-state index in [9.17, 15) is 4.79 Å². The third kappa shape index (κ3) is 3.98. The highest BCUT2D eigenvalue weighted by Crippen LogP contribution is 2.25. The van der Waals surface area contributed by atoms with E-state index in [4.69, 9.17) is 4.98 Å². The van der Waals surface area contributed by atoms with Crippen LogP contribution in [-0.2, 0) is 13.1 Å². The maximum Gasteiger partial charge on any atom is 0.259 e. The lowest BCUT2D eigenvalue weighted by Gasteiger charge is -2.34. The monoisotopic (exact) mass is 382 g/mol. The smallest absolute Gasteiger partial charge is 0.259 e. The first-order valence-corrected chi connectivity index (χ1v) is 10.3. The summed E-state index contributed by atoms with van der Waals surface area (Å²) in [6.07, 6.45) is 0. The van der Waals surface area contributed by atoms with Crippen LogP contribution in [0.2, 0.25) is 0 Å². The number of fused-ring (bicyclic) bond motifs is 1. The quantitative estimate of drug-likeness (QED) is 0.753. The molecule has 2 aromatic heterocycles. The van der Waals surface area contributed by atoms with Gasteiger partial charge in [-0.1, -0.05) is 29.8 Å². The molecule has 0 spiro atoms. The zero-order valence-electron chi connectivity index (χ0n) is 16.2. The average Bonchev–Trinajstić information content (AvgIpc) is 2.93. The van der Waals surface area contributed by atoms with Crippen molar-refractivity contribution in [3.8, 4) is 0 Å². The molecule has 0 bridgehead atoms. The van der Waals surface area contributed by atoms with E-state index in [2.05, 4.69) is 46.0 Å². The number of nitrogens with zero attached hydrogens (tertiary/aromatic N) is 3. The zero-order valence-corrected chi connectivity index (χ0v) is 17.0. The van der Waals surface area contributed by atoms with Crippen molar-refractivity contribution in [2.45, 2.75) is 33.9 Å². The molecule has 0 amide bonds. The van der Waals surface area contributed by atoms with Crippen LogP contribution in [0.15, 0.2) is 29.1 Å². The summed E-state index contributed by atoms with van der Waals surface area (Å²) in [6.45, 7) is 12.0. The molecule has 1 aromatic carbocycles. The van der Waals surface area contributed by atoms with Crippen LogP contribution < -0.4 is 5.56 Å². The standard InChI is InChI=1S/C21H26N4OS/c1-14-4-6-17(7-5-14)12-24-8-10-25(11-9-24)13-18-22-20(26)19-15(2)16(3)27-21(19)23-18/h4-7H,8-13H2,1-3H3,(H,22,23,26). The second-order valence-corrected chi connectivity index (χ2v) is 8.72. The Morgan fingerprint density at radius 2 is 1.63 bits per heavy atom. The molecule has 1 N–H and O–H groups in total. The summed E-state index contributed by atoms with van der Waals surface area (Å²) >= 11 is 1.61. The lowest BCUT2D eigenvalue weighted by molar-refractivity contribution is 0.120. The predicted molar refractivity (Wildman–Crippen MR) is 111 cm³/mol. The van der Waals surface area contributed by atoms with Crippen LogP contribution >= 0.6 is 11.3 Å². The van der Waals surface area contributed by atoms with Gasteiger partial charge in [-0.15, -0.1) is 11.3 Å². The lowest BCUT2D eigenvalue weighted by Crippen LogP contribution is -2.45. The average molecular weight is 383 g/mol. The van der Waals surface area contributed by atoms with Crippen molar-refractivity contribution < 1.29 is 0 Å². The molecule has 0 saturated carbocycles. The molecule has 0 radical (unpaired) electrons. The fourth-order valence-corrected chi connectivity index (χ4v) is 4.69. The van der Waals surface area contributed by atoms with Gasteiger partial charge >= 0.3 is 0 Å². The number of H-pyrrole nitrogens is 1. The summed E-state index contributed by atoms with van der Waals surface area (Å²) in [5.74, 6) is 0.778. The number of rotatable bonds is 4. The van der Waals surface area contributed by atoms with E-state index in [0.29, 0.717) is 6.54 Å². The van der Waals surface area contributed by atoms with Crippen molar-refractivity contribution >= 4 is 21.6 Å². The third-order valence-corrected chi connectivity index (χ3v) is 6.55. The highest BCUT2D eigenvalue weighted by atomic mass is 32.1. The normalized spacial score (nSPS) is 16.3. The molecule has 142 valence electrons. The van der Waals surface area contributed by atoms with Gasteiger partial charge in [0.25, 0.3) is 5.56 Å². The van der Waals surface area contributed by atoms with Crippen LogP contribution in [0.4, 0.5) is 0 Å². The Bertz CT molecular complexity index is 997. The number of hydrogen-bond donors (Lipinski definition) is 1. The molecule has 0 unspecified atom stereocenters. The summed E-state index contributed by atoms with van der Waals surface area (Å²) in [4.78, 5) is 27.1. The van der Waals surface area contributed by atoms with Crippen LogP contribution in [0.1, 0.15) is 27.4 Å². The number of hydrogen-bond acceptors (Lipinski definition) is 5. The van der Waals surface area contributed by atoms with Gasteiger partial charge in [0.05, 0.1) is 11.9 Å². The van der Waals surface area contributed by atoms with E-state index in [1.54, 1.807) is 11.3 Å². The highest BCUT2D eigenvalue weighted by Gasteiger charge is 2.19. The van der Waals surface area contributed by atoms with Gasteiger partial charge < -0.3 is 4.98 Å². The molecule has 1 fully saturated rings. The predicted octanol–water partition coefficient (Wildman–Crippen LogP) is 3.23. The molecule has 0 atom stereocenters. The lowest BCUT2D eigenvalue weighted by atomic mass is 10.1. The molecule has 1 aliphatic heterocycles. The van der Waals surface area contributed by atoms with Crippen LogP contribution in [0.5, 0.6) is 0 Å². The van der Waals surface area contributed by atoms with Crippen molar-refractivity contribution in [2.75, 3.05) is 26.2 Å². The van der Waals surface area contributed by atoms with E-state index in [-0.39, 0.29) is 5.56 Å². The fourth-order valence-electron chi connectivity index (χ4n) is 3.64. The van der Waals surface area contributed by atoms with Gasteiger partial charge in [0.15, 0.2) is 0 Å². The number of benzene rings is 1. The molecule has 3 heterocycles. The second-order valence-electron chi connectivity index (χ2n) is 7.51. The summed E-state index contributed by atoms with van der Waals surface area (Å²) < 4.78 is 0. The van der Waals surface area contributed by atoms with E-state index in [1.807, 2.05) is 13.8 Å². The highest BCUT2D eigenvalue weighted by molar-refractivity contribution is 7.18. The Labute approximate surface area is 163 Å². The molecule has 1 saturated heterocycles. The van der Waals surface area contributed by atoms with Gasteiger partial charge in [0.1, 0.15) is 10.7 Å². The number of aryl methyl sites for hydroxylation is 3. The first kappa shape index (κ1) is 18.3. The summed E-state index contributed by atoms with van der Waals surface area (Å²) in [6, 6.07) is 8.79. The first-order valence-electron chi connectivity index (χ1n) is 9.49. The number of aromatic nitrogens is 2. The zero-order chi connectivity index (χ0) is 19.0. The maximum absolute atomic E-state index is 12.4. The van der Waals surface area contributed by atoms with Gasteiger partial charge in [0, 0.05) is 37.6 Å². The summed E-state index contributed by atoms with van der Waals surface area (Å²) in [5.41, 5.74) is 3.72. The Morgan fingerprint density at radius 1 is 1.00 bits per heavy atom.